The number of rotatable bonds is 8. The van der Waals surface area contributed by atoms with Gasteiger partial charge in [0.1, 0.15) is 0 Å². The van der Waals surface area contributed by atoms with Crippen LogP contribution in [0.2, 0.25) is 0 Å². The Bertz CT molecular complexity index is 508. The summed E-state index contributed by atoms with van der Waals surface area (Å²) < 4.78 is 0. The molecule has 0 aliphatic heterocycles. The van der Waals surface area contributed by atoms with Crippen LogP contribution in [0.25, 0.3) is 0 Å². The molecule has 0 radical (unpaired) electrons. The van der Waals surface area contributed by atoms with Gasteiger partial charge < -0.3 is 10.6 Å². The molecule has 0 saturated heterocycles. The highest BCUT2D eigenvalue weighted by Gasteiger charge is 2.33. The predicted molar refractivity (Wildman–Crippen MR) is 98.6 cm³/mol. The summed E-state index contributed by atoms with van der Waals surface area (Å²) in [4.78, 5) is 7.17. The maximum Gasteiger partial charge on any atom is 0.191 e. The third-order valence-corrected chi connectivity index (χ3v) is 4.49. The Kier molecular flexibility index (Phi) is 6.90. The van der Waals surface area contributed by atoms with E-state index >= 15 is 0 Å². The first-order chi connectivity index (χ1) is 11.2. The van der Waals surface area contributed by atoms with Gasteiger partial charge in [0, 0.05) is 19.1 Å². The van der Waals surface area contributed by atoms with Crippen LogP contribution in [-0.4, -0.2) is 36.5 Å². The molecule has 1 saturated carbocycles. The van der Waals surface area contributed by atoms with E-state index in [0.717, 1.165) is 44.6 Å². The van der Waals surface area contributed by atoms with Crippen LogP contribution < -0.4 is 10.6 Å². The zero-order valence-electron chi connectivity index (χ0n) is 15.1. The second kappa shape index (κ2) is 8.92. The number of nitrogens with zero attached hydrogens (tertiary/aromatic N) is 2. The Hall–Kier alpha value is -1.55. The van der Waals surface area contributed by atoms with E-state index in [2.05, 4.69) is 67.5 Å². The minimum atomic E-state index is 0.599. The number of guanidine groups is 1. The molecule has 0 amide bonds. The van der Waals surface area contributed by atoms with Gasteiger partial charge in [-0.3, -0.25) is 4.90 Å². The van der Waals surface area contributed by atoms with Gasteiger partial charge in [0.2, 0.25) is 0 Å². The summed E-state index contributed by atoms with van der Waals surface area (Å²) in [6, 6.07) is 9.40. The lowest BCUT2D eigenvalue weighted by atomic mass is 10.1. The molecule has 2 unspecified atom stereocenters. The molecular weight excluding hydrogens is 284 g/mol. The van der Waals surface area contributed by atoms with Gasteiger partial charge in [-0.2, -0.15) is 0 Å². The molecular formula is C19H32N4. The standard InChI is InChI=1S/C19H32N4/c1-5-20-19(22-18-11-15(18)4)21-13-16-9-8-10-17(12-16)14-23(6-2)7-3/h8-10,12,15,18H,5-7,11,13-14H2,1-4H3,(H2,20,21,22). The van der Waals surface area contributed by atoms with Crippen LogP contribution in [0.3, 0.4) is 0 Å². The minimum Gasteiger partial charge on any atom is -0.357 e. The molecule has 4 heteroatoms. The number of aliphatic imine (C=N–C) groups is 1. The first-order valence-electron chi connectivity index (χ1n) is 9.01. The van der Waals surface area contributed by atoms with Crippen molar-refractivity contribution in [1.82, 2.24) is 15.5 Å². The molecule has 0 bridgehead atoms. The van der Waals surface area contributed by atoms with E-state index in [-0.39, 0.29) is 0 Å². The molecule has 23 heavy (non-hydrogen) atoms. The molecule has 1 fully saturated rings. The Balaban J connectivity index is 1.96. The average molecular weight is 316 g/mol. The normalized spacial score (nSPS) is 20.7. The molecule has 0 heterocycles. The maximum atomic E-state index is 4.74. The largest absolute Gasteiger partial charge is 0.357 e. The van der Waals surface area contributed by atoms with E-state index in [9.17, 15) is 0 Å². The van der Waals surface area contributed by atoms with E-state index in [0.29, 0.717) is 6.04 Å². The van der Waals surface area contributed by atoms with Crippen LogP contribution in [0.4, 0.5) is 0 Å². The van der Waals surface area contributed by atoms with E-state index in [4.69, 9.17) is 4.99 Å². The Morgan fingerprint density at radius 1 is 1.22 bits per heavy atom. The lowest BCUT2D eigenvalue weighted by Crippen LogP contribution is -2.39. The fourth-order valence-electron chi connectivity index (χ4n) is 2.72. The molecule has 1 aliphatic carbocycles. The molecule has 1 aromatic carbocycles. The van der Waals surface area contributed by atoms with Crippen molar-refractivity contribution < 1.29 is 0 Å². The quantitative estimate of drug-likeness (QED) is 0.572. The highest BCUT2D eigenvalue weighted by molar-refractivity contribution is 5.80. The lowest BCUT2D eigenvalue weighted by molar-refractivity contribution is 0.296. The van der Waals surface area contributed by atoms with Gasteiger partial charge >= 0.3 is 0 Å². The fraction of sp³-hybridized carbons (Fsp3) is 0.632. The molecule has 2 N–H and O–H groups in total. The average Bonchev–Trinajstić information content (AvgIpc) is 3.26. The third-order valence-electron chi connectivity index (χ3n) is 4.49. The molecule has 1 aliphatic rings. The number of hydrogen-bond acceptors (Lipinski definition) is 2. The van der Waals surface area contributed by atoms with Gasteiger partial charge in [-0.1, -0.05) is 45.0 Å². The van der Waals surface area contributed by atoms with Gasteiger partial charge in [-0.15, -0.1) is 0 Å². The van der Waals surface area contributed by atoms with E-state index in [1.807, 2.05) is 0 Å². The van der Waals surface area contributed by atoms with Crippen LogP contribution in [-0.2, 0) is 13.1 Å². The number of hydrogen-bond donors (Lipinski definition) is 2. The van der Waals surface area contributed by atoms with Crippen LogP contribution in [0.15, 0.2) is 29.3 Å². The topological polar surface area (TPSA) is 39.7 Å². The van der Waals surface area contributed by atoms with Gasteiger partial charge in [0.05, 0.1) is 6.54 Å². The number of benzene rings is 1. The van der Waals surface area contributed by atoms with Gasteiger partial charge in [0.25, 0.3) is 0 Å². The second-order valence-corrected chi connectivity index (χ2v) is 6.44. The van der Waals surface area contributed by atoms with Crippen LogP contribution in [0, 0.1) is 5.92 Å². The highest BCUT2D eigenvalue weighted by atomic mass is 15.2. The Morgan fingerprint density at radius 2 is 1.91 bits per heavy atom. The van der Waals surface area contributed by atoms with E-state index < -0.39 is 0 Å². The summed E-state index contributed by atoms with van der Waals surface area (Å²) in [6.45, 7) is 13.6. The monoisotopic (exact) mass is 316 g/mol. The van der Waals surface area contributed by atoms with Crippen molar-refractivity contribution in [3.63, 3.8) is 0 Å². The summed E-state index contributed by atoms with van der Waals surface area (Å²) in [7, 11) is 0. The van der Waals surface area contributed by atoms with Gasteiger partial charge in [-0.25, -0.2) is 4.99 Å². The van der Waals surface area contributed by atoms with E-state index in [1.54, 1.807) is 0 Å². The Labute approximate surface area is 141 Å². The third kappa shape index (κ3) is 5.87. The Morgan fingerprint density at radius 3 is 2.52 bits per heavy atom. The smallest absolute Gasteiger partial charge is 0.191 e. The zero-order valence-corrected chi connectivity index (χ0v) is 15.1. The minimum absolute atomic E-state index is 0.599. The first-order valence-corrected chi connectivity index (χ1v) is 9.01. The molecule has 0 spiro atoms. The summed E-state index contributed by atoms with van der Waals surface area (Å²) in [5.74, 6) is 1.72. The molecule has 1 aromatic rings. The van der Waals surface area contributed by atoms with Crippen LogP contribution in [0.5, 0.6) is 0 Å². The van der Waals surface area contributed by atoms with Crippen molar-refractivity contribution in [3.8, 4) is 0 Å². The molecule has 2 rings (SSSR count). The van der Waals surface area contributed by atoms with Crippen molar-refractivity contribution in [2.24, 2.45) is 10.9 Å². The maximum absolute atomic E-state index is 4.74. The van der Waals surface area contributed by atoms with Crippen molar-refractivity contribution >= 4 is 5.96 Å². The van der Waals surface area contributed by atoms with Crippen molar-refractivity contribution in [1.29, 1.82) is 0 Å². The fourth-order valence-corrected chi connectivity index (χ4v) is 2.72. The summed E-state index contributed by atoms with van der Waals surface area (Å²) in [5.41, 5.74) is 2.64. The molecule has 4 nitrogen and oxygen atoms in total. The summed E-state index contributed by atoms with van der Waals surface area (Å²) in [6.07, 6.45) is 1.25. The van der Waals surface area contributed by atoms with Crippen LogP contribution in [0.1, 0.15) is 45.2 Å². The SMILES string of the molecule is CCNC(=NCc1cccc(CN(CC)CC)c1)NC1CC1C. The second-order valence-electron chi connectivity index (χ2n) is 6.44. The summed E-state index contributed by atoms with van der Waals surface area (Å²) >= 11 is 0. The summed E-state index contributed by atoms with van der Waals surface area (Å²) in [5, 5.41) is 6.85. The molecule has 128 valence electrons. The van der Waals surface area contributed by atoms with Gasteiger partial charge in [-0.05, 0) is 43.5 Å². The number of nitrogens with one attached hydrogen (secondary N) is 2. The van der Waals surface area contributed by atoms with E-state index in [1.165, 1.54) is 17.5 Å². The molecule has 0 aromatic heterocycles. The van der Waals surface area contributed by atoms with Gasteiger partial charge in [0.15, 0.2) is 5.96 Å². The predicted octanol–water partition coefficient (Wildman–Crippen LogP) is 2.99. The van der Waals surface area contributed by atoms with Crippen molar-refractivity contribution in [2.75, 3.05) is 19.6 Å². The highest BCUT2D eigenvalue weighted by Crippen LogP contribution is 2.28. The van der Waals surface area contributed by atoms with Crippen molar-refractivity contribution in [2.45, 2.75) is 53.2 Å². The lowest BCUT2D eigenvalue weighted by Gasteiger charge is -2.18. The zero-order chi connectivity index (χ0) is 16.7. The van der Waals surface area contributed by atoms with Crippen molar-refractivity contribution in [3.05, 3.63) is 35.4 Å². The first kappa shape index (κ1) is 17.8. The van der Waals surface area contributed by atoms with Crippen LogP contribution >= 0.6 is 0 Å². The molecule has 2 atom stereocenters.